The van der Waals surface area contributed by atoms with Crippen LogP contribution in [-0.4, -0.2) is 10.7 Å². The van der Waals surface area contributed by atoms with Crippen LogP contribution in [0.4, 0.5) is 4.39 Å². The van der Waals surface area contributed by atoms with Gasteiger partial charge in [-0.3, -0.25) is 0 Å². The van der Waals surface area contributed by atoms with E-state index in [0.29, 0.717) is 16.8 Å². The number of hydrogen-bond acceptors (Lipinski definition) is 3. The molecule has 0 bridgehead atoms. The van der Waals surface area contributed by atoms with Gasteiger partial charge in [-0.05, 0) is 54.9 Å². The van der Waals surface area contributed by atoms with Crippen molar-refractivity contribution in [3.63, 3.8) is 0 Å². The van der Waals surface area contributed by atoms with Crippen LogP contribution in [0.2, 0.25) is 0 Å². The van der Waals surface area contributed by atoms with Gasteiger partial charge >= 0.3 is 0 Å². The molecule has 0 radical (unpaired) electrons. The highest BCUT2D eigenvalue weighted by Gasteiger charge is 2.12. The van der Waals surface area contributed by atoms with Gasteiger partial charge in [0.05, 0.1) is 10.2 Å². The fourth-order valence-electron chi connectivity index (χ4n) is 1.54. The molecule has 1 heterocycles. The van der Waals surface area contributed by atoms with Crippen molar-refractivity contribution in [3.8, 4) is 11.3 Å². The summed E-state index contributed by atoms with van der Waals surface area (Å²) >= 11 is 3.16. The number of hydrogen-bond donors (Lipinski definition) is 1. The molecule has 0 saturated heterocycles. The van der Waals surface area contributed by atoms with Crippen molar-refractivity contribution in [1.82, 2.24) is 10.5 Å². The summed E-state index contributed by atoms with van der Waals surface area (Å²) in [6.07, 6.45) is 0. The number of halogens is 2. The SMILES string of the molecule is CC(C)(C)NCc1cc(-c2ccc(F)c(Br)c2)on1. The number of aromatic nitrogens is 1. The van der Waals surface area contributed by atoms with Crippen LogP contribution in [0.1, 0.15) is 26.5 Å². The Morgan fingerprint density at radius 2 is 2.05 bits per heavy atom. The lowest BCUT2D eigenvalue weighted by atomic mass is 10.1. The predicted molar refractivity (Wildman–Crippen MR) is 76.2 cm³/mol. The van der Waals surface area contributed by atoms with Gasteiger partial charge in [0.2, 0.25) is 0 Å². The van der Waals surface area contributed by atoms with Gasteiger partial charge in [0, 0.05) is 23.7 Å². The van der Waals surface area contributed by atoms with E-state index in [-0.39, 0.29) is 11.4 Å². The van der Waals surface area contributed by atoms with E-state index in [2.05, 4.69) is 47.2 Å². The third-order valence-corrected chi connectivity index (χ3v) is 3.17. The maximum absolute atomic E-state index is 13.2. The molecule has 0 amide bonds. The first-order valence-corrected chi connectivity index (χ1v) is 6.80. The van der Waals surface area contributed by atoms with Gasteiger partial charge in [0.15, 0.2) is 5.76 Å². The molecule has 102 valence electrons. The highest BCUT2D eigenvalue weighted by atomic mass is 79.9. The number of nitrogens with one attached hydrogen (secondary N) is 1. The van der Waals surface area contributed by atoms with E-state index >= 15 is 0 Å². The van der Waals surface area contributed by atoms with Crippen LogP contribution in [0, 0.1) is 5.82 Å². The Kier molecular flexibility index (Phi) is 4.06. The molecule has 0 spiro atoms. The van der Waals surface area contributed by atoms with Crippen molar-refractivity contribution in [1.29, 1.82) is 0 Å². The number of nitrogens with zero attached hydrogens (tertiary/aromatic N) is 1. The van der Waals surface area contributed by atoms with Crippen molar-refractivity contribution in [2.75, 3.05) is 0 Å². The van der Waals surface area contributed by atoms with Crippen LogP contribution in [0.5, 0.6) is 0 Å². The fourth-order valence-corrected chi connectivity index (χ4v) is 1.92. The molecule has 0 fully saturated rings. The molecule has 19 heavy (non-hydrogen) atoms. The van der Waals surface area contributed by atoms with Crippen LogP contribution in [0.15, 0.2) is 33.3 Å². The second kappa shape index (κ2) is 5.43. The van der Waals surface area contributed by atoms with Gasteiger partial charge in [-0.2, -0.15) is 0 Å². The van der Waals surface area contributed by atoms with Gasteiger partial charge < -0.3 is 9.84 Å². The molecule has 1 aromatic carbocycles. The highest BCUT2D eigenvalue weighted by molar-refractivity contribution is 9.10. The van der Waals surface area contributed by atoms with Crippen molar-refractivity contribution in [3.05, 3.63) is 40.2 Å². The summed E-state index contributed by atoms with van der Waals surface area (Å²) in [5, 5.41) is 7.33. The third kappa shape index (κ3) is 3.88. The van der Waals surface area contributed by atoms with Crippen molar-refractivity contribution < 1.29 is 8.91 Å². The average Bonchev–Trinajstić information content (AvgIpc) is 2.78. The Labute approximate surface area is 120 Å². The van der Waals surface area contributed by atoms with E-state index in [1.54, 1.807) is 12.1 Å². The second-order valence-corrected chi connectivity index (χ2v) is 6.27. The first kappa shape index (κ1) is 14.2. The van der Waals surface area contributed by atoms with Gasteiger partial charge in [-0.25, -0.2) is 4.39 Å². The van der Waals surface area contributed by atoms with E-state index in [0.717, 1.165) is 11.3 Å². The molecule has 0 aliphatic carbocycles. The first-order valence-electron chi connectivity index (χ1n) is 6.01. The minimum Gasteiger partial charge on any atom is -0.356 e. The molecule has 0 aliphatic heterocycles. The quantitative estimate of drug-likeness (QED) is 0.921. The van der Waals surface area contributed by atoms with Crippen LogP contribution < -0.4 is 5.32 Å². The summed E-state index contributed by atoms with van der Waals surface area (Å²) in [5.41, 5.74) is 1.64. The number of benzene rings is 1. The van der Waals surface area contributed by atoms with Crippen LogP contribution in [0.3, 0.4) is 0 Å². The Bertz CT molecular complexity index is 575. The lowest BCUT2D eigenvalue weighted by Gasteiger charge is -2.19. The topological polar surface area (TPSA) is 38.1 Å². The van der Waals surface area contributed by atoms with E-state index in [1.807, 2.05) is 6.07 Å². The zero-order valence-electron chi connectivity index (χ0n) is 11.1. The van der Waals surface area contributed by atoms with Crippen LogP contribution >= 0.6 is 15.9 Å². The predicted octanol–water partition coefficient (Wildman–Crippen LogP) is 4.13. The van der Waals surface area contributed by atoms with E-state index in [4.69, 9.17) is 4.52 Å². The molecule has 0 atom stereocenters. The largest absolute Gasteiger partial charge is 0.356 e. The molecule has 2 rings (SSSR count). The lowest BCUT2D eigenvalue weighted by molar-refractivity contribution is 0.392. The maximum Gasteiger partial charge on any atom is 0.167 e. The molecular weight excluding hydrogens is 311 g/mol. The average molecular weight is 327 g/mol. The lowest BCUT2D eigenvalue weighted by Crippen LogP contribution is -2.35. The van der Waals surface area contributed by atoms with Gasteiger partial charge in [-0.15, -0.1) is 0 Å². The smallest absolute Gasteiger partial charge is 0.167 e. The molecule has 5 heteroatoms. The van der Waals surface area contributed by atoms with Gasteiger partial charge in [0.1, 0.15) is 5.82 Å². The molecule has 2 aromatic rings. The van der Waals surface area contributed by atoms with Gasteiger partial charge in [-0.1, -0.05) is 5.16 Å². The van der Waals surface area contributed by atoms with Crippen molar-refractivity contribution in [2.45, 2.75) is 32.9 Å². The Balaban J connectivity index is 2.14. The van der Waals surface area contributed by atoms with Crippen molar-refractivity contribution >= 4 is 15.9 Å². The maximum atomic E-state index is 13.2. The third-order valence-electron chi connectivity index (χ3n) is 2.56. The highest BCUT2D eigenvalue weighted by Crippen LogP contribution is 2.25. The minimum atomic E-state index is -0.294. The minimum absolute atomic E-state index is 0.0258. The summed E-state index contributed by atoms with van der Waals surface area (Å²) in [4.78, 5) is 0. The Morgan fingerprint density at radius 3 is 2.68 bits per heavy atom. The van der Waals surface area contributed by atoms with E-state index < -0.39 is 0 Å². The van der Waals surface area contributed by atoms with Crippen LogP contribution in [-0.2, 0) is 6.54 Å². The molecular formula is C14H16BrFN2O. The molecule has 0 saturated carbocycles. The Morgan fingerprint density at radius 1 is 1.32 bits per heavy atom. The molecule has 3 nitrogen and oxygen atoms in total. The zero-order chi connectivity index (χ0) is 14.0. The summed E-state index contributed by atoms with van der Waals surface area (Å²) in [6, 6.07) is 6.60. The molecule has 0 unspecified atom stereocenters. The summed E-state index contributed by atoms with van der Waals surface area (Å²) in [5.74, 6) is 0.337. The summed E-state index contributed by atoms with van der Waals surface area (Å²) in [7, 11) is 0. The van der Waals surface area contributed by atoms with E-state index in [9.17, 15) is 4.39 Å². The monoisotopic (exact) mass is 326 g/mol. The fraction of sp³-hybridized carbons (Fsp3) is 0.357. The standard InChI is InChI=1S/C14H16BrFN2O/c1-14(2,3)17-8-10-7-13(19-18-10)9-4-5-12(16)11(15)6-9/h4-7,17H,8H2,1-3H3. The molecule has 1 N–H and O–H groups in total. The normalized spacial score (nSPS) is 11.8. The van der Waals surface area contributed by atoms with Crippen molar-refractivity contribution in [2.24, 2.45) is 0 Å². The summed E-state index contributed by atoms with van der Waals surface area (Å²) in [6.45, 7) is 6.90. The first-order chi connectivity index (χ1) is 8.85. The zero-order valence-corrected chi connectivity index (χ0v) is 12.7. The Hall–Kier alpha value is -1.20. The molecule has 0 aliphatic rings. The summed E-state index contributed by atoms with van der Waals surface area (Å²) < 4.78 is 18.9. The molecule has 1 aromatic heterocycles. The van der Waals surface area contributed by atoms with E-state index in [1.165, 1.54) is 6.07 Å². The second-order valence-electron chi connectivity index (χ2n) is 5.41. The number of rotatable bonds is 3. The van der Waals surface area contributed by atoms with Gasteiger partial charge in [0.25, 0.3) is 0 Å². The van der Waals surface area contributed by atoms with Crippen LogP contribution in [0.25, 0.3) is 11.3 Å².